The van der Waals surface area contributed by atoms with E-state index < -0.39 is 0 Å². The quantitative estimate of drug-likeness (QED) is 0.446. The van der Waals surface area contributed by atoms with Crippen molar-refractivity contribution in [3.8, 4) is 0 Å². The minimum atomic E-state index is 0. The minimum absolute atomic E-state index is 0. The average Bonchev–Trinajstić information content (AvgIpc) is 2.28. The zero-order valence-corrected chi connectivity index (χ0v) is 16.2. The molecule has 6 heteroatoms. The molecule has 1 atom stereocenters. The largest absolute Gasteiger partial charge is 0.355 e. The number of aliphatic imine (C=N–C) groups is 1. The number of halogens is 1. The maximum absolute atomic E-state index is 4.41. The summed E-state index contributed by atoms with van der Waals surface area (Å²) in [6.45, 7) is 9.91. The molecule has 0 bridgehead atoms. The van der Waals surface area contributed by atoms with Crippen LogP contribution in [0, 0.1) is 0 Å². The van der Waals surface area contributed by atoms with Crippen LogP contribution in [0.25, 0.3) is 0 Å². The Morgan fingerprint density at radius 2 is 2.11 bits per heavy atom. The molecular weight excluding hydrogens is 371 g/mol. The molecule has 1 fully saturated rings. The van der Waals surface area contributed by atoms with Gasteiger partial charge in [0, 0.05) is 43.2 Å². The molecule has 1 aliphatic heterocycles. The Morgan fingerprint density at radius 3 is 2.58 bits per heavy atom. The molecule has 0 radical (unpaired) electrons. The first-order valence-corrected chi connectivity index (χ1v) is 7.60. The fourth-order valence-corrected chi connectivity index (χ4v) is 3.06. The Hall–Kier alpha value is 0.310. The summed E-state index contributed by atoms with van der Waals surface area (Å²) in [6, 6.07) is 0.508. The summed E-state index contributed by atoms with van der Waals surface area (Å²) >= 11 is 2.05. The van der Waals surface area contributed by atoms with Crippen LogP contribution in [0.15, 0.2) is 4.99 Å². The highest BCUT2D eigenvalue weighted by Gasteiger charge is 2.28. The third-order valence-electron chi connectivity index (χ3n) is 3.37. The first kappa shape index (κ1) is 19.3. The third-order valence-corrected chi connectivity index (χ3v) is 4.67. The number of nitrogens with zero attached hydrogens (tertiary/aromatic N) is 3. The SMILES string of the molecule is CN=C(NCC(C)N(C)C)N1CCSC(C)(C)C1.I. The minimum Gasteiger partial charge on any atom is -0.355 e. The highest BCUT2D eigenvalue weighted by atomic mass is 127. The molecule has 0 aliphatic carbocycles. The van der Waals surface area contributed by atoms with Gasteiger partial charge in [-0.3, -0.25) is 4.99 Å². The maximum atomic E-state index is 4.41. The highest BCUT2D eigenvalue weighted by Crippen LogP contribution is 2.29. The Labute approximate surface area is 139 Å². The van der Waals surface area contributed by atoms with Crippen LogP contribution < -0.4 is 5.32 Å². The zero-order chi connectivity index (χ0) is 13.8. The number of likely N-dealkylation sites (N-methyl/N-ethyl adjacent to an activating group) is 1. The van der Waals surface area contributed by atoms with E-state index in [2.05, 4.69) is 55.0 Å². The number of rotatable bonds is 3. The molecular formula is C13H29IN4S. The predicted octanol–water partition coefficient (Wildman–Crippen LogP) is 1.96. The van der Waals surface area contributed by atoms with E-state index in [1.807, 2.05) is 18.8 Å². The molecule has 0 amide bonds. The van der Waals surface area contributed by atoms with E-state index in [-0.39, 0.29) is 24.0 Å². The van der Waals surface area contributed by atoms with E-state index in [0.717, 1.165) is 25.6 Å². The second-order valence-corrected chi connectivity index (χ2v) is 7.57. The van der Waals surface area contributed by atoms with Crippen molar-refractivity contribution in [1.82, 2.24) is 15.1 Å². The predicted molar refractivity (Wildman–Crippen MR) is 98.0 cm³/mol. The second kappa shape index (κ2) is 8.56. The van der Waals surface area contributed by atoms with Gasteiger partial charge in [-0.1, -0.05) is 0 Å². The van der Waals surface area contributed by atoms with Gasteiger partial charge in [0.25, 0.3) is 0 Å². The molecule has 0 spiro atoms. The summed E-state index contributed by atoms with van der Waals surface area (Å²) in [7, 11) is 6.09. The first-order chi connectivity index (χ1) is 8.35. The van der Waals surface area contributed by atoms with Crippen LogP contribution in [-0.4, -0.2) is 73.1 Å². The van der Waals surface area contributed by atoms with E-state index in [4.69, 9.17) is 0 Å². The molecule has 0 aromatic heterocycles. The smallest absolute Gasteiger partial charge is 0.193 e. The molecule has 1 saturated heterocycles. The number of hydrogen-bond donors (Lipinski definition) is 1. The Kier molecular flexibility index (Phi) is 8.70. The zero-order valence-electron chi connectivity index (χ0n) is 13.1. The number of thioether (sulfide) groups is 1. The van der Waals surface area contributed by atoms with Gasteiger partial charge in [0.05, 0.1) is 0 Å². The Morgan fingerprint density at radius 1 is 1.47 bits per heavy atom. The first-order valence-electron chi connectivity index (χ1n) is 6.62. The molecule has 1 aliphatic rings. The molecule has 0 saturated carbocycles. The summed E-state index contributed by atoms with van der Waals surface area (Å²) in [5, 5.41) is 3.48. The van der Waals surface area contributed by atoms with Crippen molar-refractivity contribution in [3.63, 3.8) is 0 Å². The molecule has 19 heavy (non-hydrogen) atoms. The number of nitrogens with one attached hydrogen (secondary N) is 1. The fraction of sp³-hybridized carbons (Fsp3) is 0.923. The Bertz CT molecular complexity index is 294. The summed E-state index contributed by atoms with van der Waals surface area (Å²) in [5.41, 5.74) is 0. The molecule has 4 nitrogen and oxygen atoms in total. The summed E-state index contributed by atoms with van der Waals surface area (Å²) in [4.78, 5) is 9.00. The fourth-order valence-electron chi connectivity index (χ4n) is 1.95. The van der Waals surface area contributed by atoms with Gasteiger partial charge in [0.2, 0.25) is 0 Å². The van der Waals surface area contributed by atoms with Gasteiger partial charge in [-0.25, -0.2) is 0 Å². The molecule has 114 valence electrons. The van der Waals surface area contributed by atoms with E-state index in [1.165, 1.54) is 5.75 Å². The summed E-state index contributed by atoms with van der Waals surface area (Å²) in [5.74, 6) is 2.22. The Balaban J connectivity index is 0.00000324. The molecule has 0 aromatic carbocycles. The monoisotopic (exact) mass is 400 g/mol. The van der Waals surface area contributed by atoms with Gasteiger partial charge in [-0.2, -0.15) is 11.8 Å². The van der Waals surface area contributed by atoms with Gasteiger partial charge < -0.3 is 15.1 Å². The van der Waals surface area contributed by atoms with Crippen molar-refractivity contribution in [1.29, 1.82) is 0 Å². The lowest BCUT2D eigenvalue weighted by molar-refractivity contribution is 0.305. The second-order valence-electron chi connectivity index (χ2n) is 5.77. The van der Waals surface area contributed by atoms with E-state index >= 15 is 0 Å². The van der Waals surface area contributed by atoms with Crippen molar-refractivity contribution in [2.24, 2.45) is 4.99 Å². The van der Waals surface area contributed by atoms with Crippen molar-refractivity contribution >= 4 is 41.7 Å². The number of hydrogen-bond acceptors (Lipinski definition) is 3. The van der Waals surface area contributed by atoms with Crippen molar-refractivity contribution in [2.75, 3.05) is 46.5 Å². The van der Waals surface area contributed by atoms with Crippen molar-refractivity contribution in [2.45, 2.75) is 31.6 Å². The van der Waals surface area contributed by atoms with Gasteiger partial charge in [-0.05, 0) is 34.9 Å². The van der Waals surface area contributed by atoms with Crippen LogP contribution in [0.4, 0.5) is 0 Å². The van der Waals surface area contributed by atoms with Gasteiger partial charge in [-0.15, -0.1) is 24.0 Å². The molecule has 1 N–H and O–H groups in total. The lowest BCUT2D eigenvalue weighted by Crippen LogP contribution is -2.52. The lowest BCUT2D eigenvalue weighted by Gasteiger charge is -2.39. The molecule has 1 rings (SSSR count). The van der Waals surface area contributed by atoms with Crippen LogP contribution in [0.5, 0.6) is 0 Å². The van der Waals surface area contributed by atoms with Crippen LogP contribution in [-0.2, 0) is 0 Å². The lowest BCUT2D eigenvalue weighted by atomic mass is 10.2. The topological polar surface area (TPSA) is 30.9 Å². The standard InChI is InChI=1S/C13H28N4S.HI/c1-11(16(5)6)9-15-12(14-4)17-7-8-18-13(2,3)10-17;/h11H,7-10H2,1-6H3,(H,14,15);1H. The van der Waals surface area contributed by atoms with Gasteiger partial charge in [0.15, 0.2) is 5.96 Å². The van der Waals surface area contributed by atoms with Gasteiger partial charge in [0.1, 0.15) is 0 Å². The number of guanidine groups is 1. The molecule has 1 unspecified atom stereocenters. The maximum Gasteiger partial charge on any atom is 0.193 e. The van der Waals surface area contributed by atoms with E-state index in [0.29, 0.717) is 10.8 Å². The van der Waals surface area contributed by atoms with Crippen LogP contribution >= 0.6 is 35.7 Å². The summed E-state index contributed by atoms with van der Waals surface area (Å²) in [6.07, 6.45) is 0. The van der Waals surface area contributed by atoms with Crippen LogP contribution in [0.2, 0.25) is 0 Å². The molecule has 0 aromatic rings. The van der Waals surface area contributed by atoms with E-state index in [1.54, 1.807) is 0 Å². The van der Waals surface area contributed by atoms with E-state index in [9.17, 15) is 0 Å². The van der Waals surface area contributed by atoms with Crippen molar-refractivity contribution in [3.05, 3.63) is 0 Å². The van der Waals surface area contributed by atoms with Crippen LogP contribution in [0.3, 0.4) is 0 Å². The molecule has 1 heterocycles. The van der Waals surface area contributed by atoms with Crippen molar-refractivity contribution < 1.29 is 0 Å². The highest BCUT2D eigenvalue weighted by molar-refractivity contribution is 14.0. The normalized spacial score (nSPS) is 21.0. The third kappa shape index (κ3) is 6.53. The average molecular weight is 400 g/mol. The summed E-state index contributed by atoms with van der Waals surface area (Å²) < 4.78 is 0.322. The van der Waals surface area contributed by atoms with Crippen LogP contribution in [0.1, 0.15) is 20.8 Å². The van der Waals surface area contributed by atoms with Gasteiger partial charge >= 0.3 is 0 Å².